The minimum Gasteiger partial charge on any atom is -0.378 e. The van der Waals surface area contributed by atoms with E-state index in [-0.39, 0.29) is 10.6 Å². The van der Waals surface area contributed by atoms with Crippen molar-refractivity contribution < 1.29 is 16.8 Å². The van der Waals surface area contributed by atoms with Gasteiger partial charge in [-0.05, 0) is 91.0 Å². The maximum atomic E-state index is 13.5. The molecule has 0 heterocycles. The zero-order chi connectivity index (χ0) is 29.8. The number of azo groups is 2. The summed E-state index contributed by atoms with van der Waals surface area (Å²) in [6, 6.07) is 23.8. The van der Waals surface area contributed by atoms with E-state index in [1.165, 1.54) is 30.3 Å². The summed E-state index contributed by atoms with van der Waals surface area (Å²) in [6.45, 7) is 0. The SMILES string of the molecule is CN(C)c1ccc(N=Nc2ccc(S(=O)(=O)c3cc(N=Nc4ccc(N(C)C)cc4)ccc3S(=O)(=O)Cl)cc2)cc1. The van der Waals surface area contributed by atoms with E-state index in [2.05, 4.69) is 20.5 Å². The largest absolute Gasteiger partial charge is 0.378 e. The van der Waals surface area contributed by atoms with Crippen molar-refractivity contribution in [3.63, 3.8) is 0 Å². The van der Waals surface area contributed by atoms with Gasteiger partial charge in [-0.1, -0.05) is 0 Å². The Labute approximate surface area is 244 Å². The molecule has 4 aromatic rings. The van der Waals surface area contributed by atoms with Gasteiger partial charge in [-0.15, -0.1) is 0 Å². The van der Waals surface area contributed by atoms with Gasteiger partial charge in [0.05, 0.1) is 32.5 Å². The summed E-state index contributed by atoms with van der Waals surface area (Å²) >= 11 is 0. The van der Waals surface area contributed by atoms with Gasteiger partial charge in [-0.25, -0.2) is 16.8 Å². The fourth-order valence-electron chi connectivity index (χ4n) is 3.66. The van der Waals surface area contributed by atoms with Crippen LogP contribution in [0.2, 0.25) is 0 Å². The first-order valence-corrected chi connectivity index (χ1v) is 16.0. The summed E-state index contributed by atoms with van der Waals surface area (Å²) in [7, 11) is 4.57. The van der Waals surface area contributed by atoms with Gasteiger partial charge in [0.25, 0.3) is 9.05 Å². The summed E-state index contributed by atoms with van der Waals surface area (Å²) in [5, 5.41) is 16.6. The highest BCUT2D eigenvalue weighted by Gasteiger charge is 2.27. The Morgan fingerprint density at radius 1 is 0.512 bits per heavy atom. The number of hydrogen-bond donors (Lipinski definition) is 0. The molecule has 0 unspecified atom stereocenters. The van der Waals surface area contributed by atoms with Gasteiger partial charge in [0.2, 0.25) is 9.84 Å². The molecule has 0 fully saturated rings. The van der Waals surface area contributed by atoms with Crippen LogP contribution in [-0.2, 0) is 18.9 Å². The Morgan fingerprint density at radius 2 is 0.878 bits per heavy atom. The highest BCUT2D eigenvalue weighted by atomic mass is 35.7. The van der Waals surface area contributed by atoms with E-state index in [0.717, 1.165) is 23.5 Å². The molecule has 41 heavy (non-hydrogen) atoms. The lowest BCUT2D eigenvalue weighted by Crippen LogP contribution is -2.07. The van der Waals surface area contributed by atoms with Crippen LogP contribution in [0.25, 0.3) is 0 Å². The number of sulfone groups is 1. The van der Waals surface area contributed by atoms with Crippen molar-refractivity contribution in [2.45, 2.75) is 14.7 Å². The molecular weight excluding hydrogens is 584 g/mol. The molecule has 0 spiro atoms. The minimum atomic E-state index is -4.40. The average molecular weight is 611 g/mol. The molecule has 0 aliphatic rings. The van der Waals surface area contributed by atoms with Crippen LogP contribution < -0.4 is 9.80 Å². The number of halogens is 1. The van der Waals surface area contributed by atoms with Crippen LogP contribution >= 0.6 is 10.7 Å². The van der Waals surface area contributed by atoms with Gasteiger partial charge in [-0.2, -0.15) is 20.5 Å². The molecule has 0 saturated heterocycles. The van der Waals surface area contributed by atoms with Gasteiger partial charge in [-0.3, -0.25) is 0 Å². The zero-order valence-electron chi connectivity index (χ0n) is 22.7. The molecule has 4 rings (SSSR count). The van der Waals surface area contributed by atoms with Crippen molar-refractivity contribution in [3.8, 4) is 0 Å². The van der Waals surface area contributed by atoms with Crippen molar-refractivity contribution >= 4 is 63.7 Å². The first-order valence-electron chi connectivity index (χ1n) is 12.2. The van der Waals surface area contributed by atoms with Crippen LogP contribution in [0.3, 0.4) is 0 Å². The van der Waals surface area contributed by atoms with E-state index in [1.54, 1.807) is 12.1 Å². The number of hydrogen-bond acceptors (Lipinski definition) is 10. The standard InChI is InChI=1S/C28H27ClN6O4S2/c1-34(2)24-12-5-20(6-13-24)30-31-22-9-16-26(17-10-22)40(36,37)28-19-23(11-18-27(28)41(29,38)39)33-32-21-7-14-25(15-8-21)35(3)4/h5-19H,1-4H3. The van der Waals surface area contributed by atoms with Crippen molar-refractivity contribution in [2.24, 2.45) is 20.5 Å². The fourth-order valence-corrected chi connectivity index (χ4v) is 6.74. The fraction of sp³-hybridized carbons (Fsp3) is 0.143. The molecule has 10 nitrogen and oxygen atoms in total. The zero-order valence-corrected chi connectivity index (χ0v) is 25.1. The molecule has 212 valence electrons. The third-order valence-electron chi connectivity index (χ3n) is 5.92. The Balaban J connectivity index is 1.62. The summed E-state index contributed by atoms with van der Waals surface area (Å²) in [5.41, 5.74) is 3.70. The third-order valence-corrected chi connectivity index (χ3v) is 9.24. The molecule has 0 aromatic heterocycles. The first kappa shape index (κ1) is 29.8. The second kappa shape index (κ2) is 12.2. The molecule has 0 bridgehead atoms. The van der Waals surface area contributed by atoms with E-state index in [9.17, 15) is 16.8 Å². The molecule has 0 radical (unpaired) electrons. The monoisotopic (exact) mass is 610 g/mol. The molecule has 0 saturated carbocycles. The number of anilines is 2. The molecule has 0 atom stereocenters. The Morgan fingerprint density at radius 3 is 1.27 bits per heavy atom. The van der Waals surface area contributed by atoms with E-state index in [0.29, 0.717) is 17.1 Å². The molecule has 0 aliphatic heterocycles. The highest BCUT2D eigenvalue weighted by molar-refractivity contribution is 8.14. The predicted octanol–water partition coefficient (Wildman–Crippen LogP) is 7.41. The highest BCUT2D eigenvalue weighted by Crippen LogP contribution is 2.34. The van der Waals surface area contributed by atoms with Crippen LogP contribution in [0, 0.1) is 0 Å². The molecule has 0 N–H and O–H groups in total. The smallest absolute Gasteiger partial charge is 0.262 e. The summed E-state index contributed by atoms with van der Waals surface area (Å²) in [6.07, 6.45) is 0. The number of rotatable bonds is 9. The van der Waals surface area contributed by atoms with E-state index < -0.39 is 28.7 Å². The second-order valence-electron chi connectivity index (χ2n) is 9.29. The van der Waals surface area contributed by atoms with Gasteiger partial charge in [0, 0.05) is 50.2 Å². The van der Waals surface area contributed by atoms with Gasteiger partial charge < -0.3 is 9.80 Å². The lowest BCUT2D eigenvalue weighted by molar-refractivity contribution is 0.588. The third kappa shape index (κ3) is 7.34. The minimum absolute atomic E-state index is 0.134. The maximum absolute atomic E-state index is 13.5. The van der Waals surface area contributed by atoms with Crippen molar-refractivity contribution in [2.75, 3.05) is 38.0 Å². The summed E-state index contributed by atoms with van der Waals surface area (Å²) in [5.74, 6) is 0. The molecular formula is C28H27ClN6O4S2. The molecule has 4 aromatic carbocycles. The van der Waals surface area contributed by atoms with E-state index in [1.807, 2.05) is 74.4 Å². The predicted molar refractivity (Wildman–Crippen MR) is 161 cm³/mol. The maximum Gasteiger partial charge on any atom is 0.262 e. The van der Waals surface area contributed by atoms with Crippen LogP contribution in [-0.4, -0.2) is 45.0 Å². The van der Waals surface area contributed by atoms with Crippen molar-refractivity contribution in [1.29, 1.82) is 0 Å². The van der Waals surface area contributed by atoms with Gasteiger partial charge in [0.1, 0.15) is 4.90 Å². The van der Waals surface area contributed by atoms with Crippen LogP contribution in [0.5, 0.6) is 0 Å². The molecule has 0 aliphatic carbocycles. The molecule has 13 heteroatoms. The van der Waals surface area contributed by atoms with E-state index in [4.69, 9.17) is 10.7 Å². The average Bonchev–Trinajstić information content (AvgIpc) is 2.95. The van der Waals surface area contributed by atoms with Gasteiger partial charge in [0.15, 0.2) is 0 Å². The second-order valence-corrected chi connectivity index (χ2v) is 13.7. The summed E-state index contributed by atoms with van der Waals surface area (Å²) in [4.78, 5) is 2.68. The number of benzene rings is 4. The summed E-state index contributed by atoms with van der Waals surface area (Å²) < 4.78 is 51.6. The lowest BCUT2D eigenvalue weighted by Gasteiger charge is -2.11. The Hall–Kier alpha value is -4.13. The van der Waals surface area contributed by atoms with Crippen LogP contribution in [0.15, 0.2) is 126 Å². The van der Waals surface area contributed by atoms with E-state index >= 15 is 0 Å². The number of nitrogens with zero attached hydrogens (tertiary/aromatic N) is 6. The quantitative estimate of drug-likeness (QED) is 0.143. The lowest BCUT2D eigenvalue weighted by atomic mass is 10.3. The topological polar surface area (TPSA) is 124 Å². The normalized spacial score (nSPS) is 12.2. The molecule has 0 amide bonds. The van der Waals surface area contributed by atoms with Crippen molar-refractivity contribution in [3.05, 3.63) is 91.0 Å². The van der Waals surface area contributed by atoms with Crippen LogP contribution in [0.4, 0.5) is 34.1 Å². The Kier molecular flexibility index (Phi) is 8.86. The van der Waals surface area contributed by atoms with Crippen LogP contribution in [0.1, 0.15) is 0 Å². The Bertz CT molecular complexity index is 1810. The van der Waals surface area contributed by atoms with Crippen molar-refractivity contribution in [1.82, 2.24) is 0 Å². The van der Waals surface area contributed by atoms with Gasteiger partial charge >= 0.3 is 0 Å². The first-order chi connectivity index (χ1) is 19.3.